The Kier molecular flexibility index (Phi) is 3.63. The summed E-state index contributed by atoms with van der Waals surface area (Å²) in [6, 6.07) is 0. The molecule has 90 valence electrons. The zero-order valence-electron chi connectivity index (χ0n) is 11.0. The molecule has 2 fully saturated rings. The van der Waals surface area contributed by atoms with Gasteiger partial charge in [-0.1, -0.05) is 19.8 Å². The number of terminal acetylenes is 1. The molecule has 0 heterocycles. The van der Waals surface area contributed by atoms with Gasteiger partial charge in [-0.25, -0.2) is 0 Å². The minimum atomic E-state index is 0.221. The van der Waals surface area contributed by atoms with Crippen LogP contribution in [0.25, 0.3) is 0 Å². The van der Waals surface area contributed by atoms with Gasteiger partial charge in [0.25, 0.3) is 0 Å². The monoisotopic (exact) mass is 218 g/mol. The average molecular weight is 218 g/mol. The van der Waals surface area contributed by atoms with Gasteiger partial charge < -0.3 is 0 Å². The van der Waals surface area contributed by atoms with E-state index in [0.717, 1.165) is 17.8 Å². The van der Waals surface area contributed by atoms with Crippen LogP contribution in [-0.4, -0.2) is 0 Å². The summed E-state index contributed by atoms with van der Waals surface area (Å²) >= 11 is 0. The molecule has 0 aliphatic heterocycles. The summed E-state index contributed by atoms with van der Waals surface area (Å²) in [6.45, 7) is 4.68. The highest BCUT2D eigenvalue weighted by Crippen LogP contribution is 2.44. The van der Waals surface area contributed by atoms with Crippen molar-refractivity contribution in [1.82, 2.24) is 0 Å². The van der Waals surface area contributed by atoms with Crippen LogP contribution in [0.2, 0.25) is 0 Å². The summed E-state index contributed by atoms with van der Waals surface area (Å²) < 4.78 is 0. The van der Waals surface area contributed by atoms with Gasteiger partial charge in [-0.3, -0.25) is 0 Å². The Hall–Kier alpha value is -0.440. The van der Waals surface area contributed by atoms with Crippen LogP contribution in [-0.2, 0) is 0 Å². The second-order valence-corrected chi connectivity index (χ2v) is 6.56. The van der Waals surface area contributed by atoms with Crippen molar-refractivity contribution in [3.63, 3.8) is 0 Å². The molecule has 0 aromatic heterocycles. The fourth-order valence-electron chi connectivity index (χ4n) is 3.65. The normalized spacial score (nSPS) is 44.9. The van der Waals surface area contributed by atoms with Crippen molar-refractivity contribution < 1.29 is 0 Å². The maximum atomic E-state index is 5.63. The fraction of sp³-hybridized carbons (Fsp3) is 0.875. The first-order chi connectivity index (χ1) is 7.63. The zero-order valence-corrected chi connectivity index (χ0v) is 11.0. The molecule has 0 heteroatoms. The molecule has 2 aliphatic carbocycles. The van der Waals surface area contributed by atoms with Crippen molar-refractivity contribution in [3.8, 4) is 12.3 Å². The van der Waals surface area contributed by atoms with Gasteiger partial charge in [0, 0.05) is 5.41 Å². The molecule has 0 spiro atoms. The first-order valence-corrected chi connectivity index (χ1v) is 7.11. The van der Waals surface area contributed by atoms with E-state index >= 15 is 0 Å². The zero-order chi connectivity index (χ0) is 11.6. The van der Waals surface area contributed by atoms with Gasteiger partial charge in [0.15, 0.2) is 0 Å². The Balaban J connectivity index is 1.83. The van der Waals surface area contributed by atoms with E-state index in [-0.39, 0.29) is 5.41 Å². The van der Waals surface area contributed by atoms with Crippen molar-refractivity contribution in [3.05, 3.63) is 0 Å². The van der Waals surface area contributed by atoms with E-state index in [9.17, 15) is 0 Å². The molecule has 0 aromatic rings. The molecule has 2 rings (SSSR count). The summed E-state index contributed by atoms with van der Waals surface area (Å²) in [5, 5.41) is 0. The Morgan fingerprint density at radius 1 is 0.938 bits per heavy atom. The lowest BCUT2D eigenvalue weighted by molar-refractivity contribution is 0.134. The van der Waals surface area contributed by atoms with Crippen molar-refractivity contribution in [2.24, 2.45) is 23.2 Å². The van der Waals surface area contributed by atoms with Crippen LogP contribution >= 0.6 is 0 Å². The quantitative estimate of drug-likeness (QED) is 0.562. The van der Waals surface area contributed by atoms with Gasteiger partial charge in [0.2, 0.25) is 0 Å². The lowest BCUT2D eigenvalue weighted by Gasteiger charge is -2.39. The number of hydrogen-bond acceptors (Lipinski definition) is 0. The number of rotatable bonds is 1. The first-order valence-electron chi connectivity index (χ1n) is 7.11. The van der Waals surface area contributed by atoms with Crippen molar-refractivity contribution in [1.29, 1.82) is 0 Å². The van der Waals surface area contributed by atoms with Gasteiger partial charge in [-0.2, -0.15) is 0 Å². The summed E-state index contributed by atoms with van der Waals surface area (Å²) in [6.07, 6.45) is 16.8. The largest absolute Gasteiger partial charge is 0.120 e. The van der Waals surface area contributed by atoms with Crippen LogP contribution < -0.4 is 0 Å². The third-order valence-corrected chi connectivity index (χ3v) is 5.21. The Morgan fingerprint density at radius 3 is 1.94 bits per heavy atom. The molecule has 0 nitrogen and oxygen atoms in total. The second-order valence-electron chi connectivity index (χ2n) is 6.56. The average Bonchev–Trinajstić information content (AvgIpc) is 2.32. The summed E-state index contributed by atoms with van der Waals surface area (Å²) in [5.41, 5.74) is 0.221. The maximum Gasteiger partial charge on any atom is 0.0284 e. The fourth-order valence-corrected chi connectivity index (χ4v) is 3.65. The van der Waals surface area contributed by atoms with Gasteiger partial charge in [-0.05, 0) is 63.2 Å². The topological polar surface area (TPSA) is 0 Å². The van der Waals surface area contributed by atoms with Crippen LogP contribution in [0.1, 0.15) is 65.2 Å². The van der Waals surface area contributed by atoms with Crippen LogP contribution in [0.4, 0.5) is 0 Å². The molecule has 2 aliphatic rings. The smallest absolute Gasteiger partial charge is 0.0284 e. The van der Waals surface area contributed by atoms with E-state index in [0.29, 0.717) is 0 Å². The van der Waals surface area contributed by atoms with Crippen molar-refractivity contribution in [2.75, 3.05) is 0 Å². The highest BCUT2D eigenvalue weighted by Gasteiger charge is 2.34. The third-order valence-electron chi connectivity index (χ3n) is 5.21. The molecule has 16 heavy (non-hydrogen) atoms. The Morgan fingerprint density at radius 2 is 1.44 bits per heavy atom. The molecule has 0 saturated heterocycles. The minimum Gasteiger partial charge on any atom is -0.120 e. The summed E-state index contributed by atoms with van der Waals surface area (Å²) in [4.78, 5) is 0. The molecular formula is C16H26. The highest BCUT2D eigenvalue weighted by atomic mass is 14.4. The molecule has 2 saturated carbocycles. The molecule has 0 unspecified atom stereocenters. The molecule has 0 amide bonds. The minimum absolute atomic E-state index is 0.221. The van der Waals surface area contributed by atoms with E-state index in [1.54, 1.807) is 0 Å². The van der Waals surface area contributed by atoms with Gasteiger partial charge in [0.05, 0.1) is 0 Å². The van der Waals surface area contributed by atoms with E-state index in [4.69, 9.17) is 6.42 Å². The molecule has 0 N–H and O–H groups in total. The van der Waals surface area contributed by atoms with E-state index in [1.165, 1.54) is 51.4 Å². The molecule has 0 bridgehead atoms. The van der Waals surface area contributed by atoms with Crippen LogP contribution in [0.3, 0.4) is 0 Å². The van der Waals surface area contributed by atoms with Crippen molar-refractivity contribution >= 4 is 0 Å². The maximum absolute atomic E-state index is 5.63. The van der Waals surface area contributed by atoms with Gasteiger partial charge in [0.1, 0.15) is 0 Å². The van der Waals surface area contributed by atoms with E-state index in [1.807, 2.05) is 0 Å². The predicted octanol–water partition coefficient (Wildman–Crippen LogP) is 4.64. The third kappa shape index (κ3) is 2.62. The summed E-state index contributed by atoms with van der Waals surface area (Å²) in [7, 11) is 0. The second kappa shape index (κ2) is 4.82. The molecular weight excluding hydrogens is 192 g/mol. The van der Waals surface area contributed by atoms with E-state index in [2.05, 4.69) is 19.8 Å². The van der Waals surface area contributed by atoms with Crippen LogP contribution in [0.15, 0.2) is 0 Å². The van der Waals surface area contributed by atoms with Crippen LogP contribution in [0.5, 0.6) is 0 Å². The van der Waals surface area contributed by atoms with E-state index < -0.39 is 0 Å². The summed E-state index contributed by atoms with van der Waals surface area (Å²) in [5.74, 6) is 6.01. The number of hydrogen-bond donors (Lipinski definition) is 0. The Bertz CT molecular complexity index is 254. The molecule has 0 radical (unpaired) electrons. The van der Waals surface area contributed by atoms with Gasteiger partial charge >= 0.3 is 0 Å². The molecule has 0 atom stereocenters. The lowest BCUT2D eigenvalue weighted by atomic mass is 9.65. The lowest BCUT2D eigenvalue weighted by Crippen LogP contribution is -2.29. The predicted molar refractivity (Wildman–Crippen MR) is 70.0 cm³/mol. The SMILES string of the molecule is C#CC1(C)CCC(C2CCC(C)CC2)CC1. The highest BCUT2D eigenvalue weighted by molar-refractivity contribution is 5.05. The van der Waals surface area contributed by atoms with Crippen LogP contribution in [0, 0.1) is 35.5 Å². The molecule has 0 aromatic carbocycles. The first kappa shape index (κ1) is 12.0. The van der Waals surface area contributed by atoms with Gasteiger partial charge in [-0.15, -0.1) is 12.3 Å². The standard InChI is InChI=1S/C16H26/c1-4-16(3)11-9-15(10-12-16)14-7-5-13(2)6-8-14/h1,13-15H,5-12H2,2-3H3. The van der Waals surface area contributed by atoms with Crippen molar-refractivity contribution in [2.45, 2.75) is 65.2 Å². The Labute approximate surface area is 101 Å².